The van der Waals surface area contributed by atoms with Crippen molar-refractivity contribution in [2.75, 3.05) is 20.3 Å². The van der Waals surface area contributed by atoms with Gasteiger partial charge in [-0.3, -0.25) is 4.98 Å². The molecule has 0 amide bonds. The van der Waals surface area contributed by atoms with E-state index in [9.17, 15) is 8.42 Å². The minimum atomic E-state index is -3.65. The molecule has 1 fully saturated rings. The number of nitrogens with zero attached hydrogens (tertiary/aromatic N) is 1. The second kappa shape index (κ2) is 6.48. The summed E-state index contributed by atoms with van der Waals surface area (Å²) in [5.41, 5.74) is -0.426. The third kappa shape index (κ3) is 3.92. The minimum absolute atomic E-state index is 0.0702. The highest BCUT2D eigenvalue weighted by molar-refractivity contribution is 7.89. The van der Waals surface area contributed by atoms with Gasteiger partial charge in [0, 0.05) is 31.5 Å². The highest BCUT2D eigenvalue weighted by atomic mass is 32.2. The lowest BCUT2D eigenvalue weighted by Crippen LogP contribution is -2.41. The molecule has 0 aliphatic carbocycles. The summed E-state index contributed by atoms with van der Waals surface area (Å²) in [6.07, 6.45) is 2.85. The van der Waals surface area contributed by atoms with Gasteiger partial charge in [-0.2, -0.15) is 0 Å². The van der Waals surface area contributed by atoms with Gasteiger partial charge < -0.3 is 14.0 Å². The summed E-state index contributed by atoms with van der Waals surface area (Å²) in [7, 11) is -2.79. The summed E-state index contributed by atoms with van der Waals surface area (Å²) in [6.45, 7) is 8.24. The average Bonchev–Trinajstić information content (AvgIpc) is 2.68. The summed E-state index contributed by atoms with van der Waals surface area (Å²) in [5.74, 6) is 0. The van der Waals surface area contributed by atoms with Crippen molar-refractivity contribution in [3.63, 3.8) is 0 Å². The fourth-order valence-corrected chi connectivity index (χ4v) is 3.06. The molecule has 23 heavy (non-hydrogen) atoms. The molecule has 1 aliphatic heterocycles. The predicted molar refractivity (Wildman–Crippen MR) is 87.0 cm³/mol. The van der Waals surface area contributed by atoms with Crippen molar-refractivity contribution in [2.45, 2.75) is 43.8 Å². The molecule has 1 aliphatic rings. The zero-order valence-corrected chi connectivity index (χ0v) is 14.9. The molecule has 7 nitrogen and oxygen atoms in total. The van der Waals surface area contributed by atoms with Gasteiger partial charge in [0.1, 0.15) is 0 Å². The van der Waals surface area contributed by atoms with Crippen LogP contribution in [0.4, 0.5) is 0 Å². The number of sulfonamides is 1. The van der Waals surface area contributed by atoms with Gasteiger partial charge in [-0.15, -0.1) is 0 Å². The Morgan fingerprint density at radius 1 is 1.22 bits per heavy atom. The van der Waals surface area contributed by atoms with E-state index in [2.05, 4.69) is 9.71 Å². The zero-order chi connectivity index (χ0) is 17.3. The first kappa shape index (κ1) is 18.3. The van der Waals surface area contributed by atoms with Crippen LogP contribution in [0.2, 0.25) is 0 Å². The van der Waals surface area contributed by atoms with Gasteiger partial charge in [0.25, 0.3) is 0 Å². The molecule has 2 heterocycles. The first-order valence-corrected chi connectivity index (χ1v) is 8.86. The second-order valence-electron chi connectivity index (χ2n) is 6.43. The Kier molecular flexibility index (Phi) is 5.17. The number of ether oxygens (including phenoxy) is 1. The molecule has 0 spiro atoms. The first-order chi connectivity index (χ1) is 10.6. The van der Waals surface area contributed by atoms with Crippen LogP contribution in [0, 0.1) is 0 Å². The van der Waals surface area contributed by atoms with Gasteiger partial charge >= 0.3 is 7.12 Å². The van der Waals surface area contributed by atoms with Crippen LogP contribution in [-0.2, 0) is 24.1 Å². The summed E-state index contributed by atoms with van der Waals surface area (Å²) in [4.78, 5) is 4.08. The molecule has 1 aromatic rings. The quantitative estimate of drug-likeness (QED) is 0.591. The predicted octanol–water partition coefficient (Wildman–Crippen LogP) is 0.306. The molecule has 1 saturated heterocycles. The Morgan fingerprint density at radius 2 is 1.83 bits per heavy atom. The van der Waals surface area contributed by atoms with E-state index < -0.39 is 28.3 Å². The van der Waals surface area contributed by atoms with Gasteiger partial charge in [-0.1, -0.05) is 0 Å². The maximum Gasteiger partial charge on any atom is 0.496 e. The van der Waals surface area contributed by atoms with Crippen molar-refractivity contribution < 1.29 is 22.5 Å². The van der Waals surface area contributed by atoms with E-state index in [4.69, 9.17) is 14.0 Å². The summed E-state index contributed by atoms with van der Waals surface area (Å²) in [5, 5.41) is 0. The highest BCUT2D eigenvalue weighted by Gasteiger charge is 2.51. The van der Waals surface area contributed by atoms with Gasteiger partial charge in [0.05, 0.1) is 22.7 Å². The van der Waals surface area contributed by atoms with Crippen LogP contribution in [0.25, 0.3) is 0 Å². The van der Waals surface area contributed by atoms with Crippen molar-refractivity contribution in [3.05, 3.63) is 18.5 Å². The average molecular weight is 342 g/mol. The van der Waals surface area contributed by atoms with Crippen molar-refractivity contribution in [2.24, 2.45) is 0 Å². The first-order valence-electron chi connectivity index (χ1n) is 7.38. The smallest absolute Gasteiger partial charge is 0.399 e. The summed E-state index contributed by atoms with van der Waals surface area (Å²) < 4.78 is 43.6. The van der Waals surface area contributed by atoms with Crippen LogP contribution in [0.1, 0.15) is 27.7 Å². The van der Waals surface area contributed by atoms with Gasteiger partial charge in [0.2, 0.25) is 10.0 Å². The number of aromatic nitrogens is 1. The topological polar surface area (TPSA) is 86.8 Å². The normalized spacial score (nSPS) is 20.0. The number of hydrogen-bond donors (Lipinski definition) is 1. The van der Waals surface area contributed by atoms with E-state index in [0.29, 0.717) is 12.1 Å². The fourth-order valence-electron chi connectivity index (χ4n) is 2.05. The molecule has 1 aromatic heterocycles. The third-order valence-electron chi connectivity index (χ3n) is 4.17. The molecular weight excluding hydrogens is 319 g/mol. The molecular formula is C14H23BN2O5S. The Bertz CT molecular complexity index is 647. The number of methoxy groups -OCH3 is 1. The van der Waals surface area contributed by atoms with Gasteiger partial charge in [0.15, 0.2) is 0 Å². The lowest BCUT2D eigenvalue weighted by atomic mass is 9.80. The molecule has 0 aromatic carbocycles. The zero-order valence-electron chi connectivity index (χ0n) is 14.1. The number of nitrogens with one attached hydrogen (secondary N) is 1. The monoisotopic (exact) mass is 342 g/mol. The Hall–Kier alpha value is -0.995. The molecule has 0 saturated carbocycles. The van der Waals surface area contributed by atoms with E-state index >= 15 is 0 Å². The van der Waals surface area contributed by atoms with Crippen molar-refractivity contribution in [1.29, 1.82) is 0 Å². The molecule has 1 N–H and O–H groups in total. The second-order valence-corrected chi connectivity index (χ2v) is 8.20. The molecule has 0 unspecified atom stereocenters. The lowest BCUT2D eigenvalue weighted by Gasteiger charge is -2.32. The van der Waals surface area contributed by atoms with Crippen molar-refractivity contribution in [3.8, 4) is 0 Å². The summed E-state index contributed by atoms with van der Waals surface area (Å²) in [6, 6.07) is 1.52. The van der Waals surface area contributed by atoms with E-state index in [1.54, 1.807) is 6.20 Å². The van der Waals surface area contributed by atoms with Gasteiger partial charge in [-0.25, -0.2) is 13.1 Å². The molecule has 0 radical (unpaired) electrons. The highest BCUT2D eigenvalue weighted by Crippen LogP contribution is 2.36. The van der Waals surface area contributed by atoms with Crippen LogP contribution in [-0.4, -0.2) is 52.0 Å². The number of rotatable bonds is 6. The molecule has 128 valence electrons. The largest absolute Gasteiger partial charge is 0.496 e. The van der Waals surface area contributed by atoms with Crippen LogP contribution in [0.3, 0.4) is 0 Å². The third-order valence-corrected chi connectivity index (χ3v) is 5.60. The maximum atomic E-state index is 12.2. The van der Waals surface area contributed by atoms with E-state index in [1.165, 1.54) is 19.4 Å². The standard InChI is InChI=1S/C14H23BN2O5S/c1-13(2)14(3,4)22-15(21-13)11-8-12(10-16-9-11)23(18,19)17-6-7-20-5/h8-10,17H,6-7H2,1-5H3. The Morgan fingerprint density at radius 3 is 2.39 bits per heavy atom. The van der Waals surface area contributed by atoms with E-state index in [-0.39, 0.29) is 11.4 Å². The number of hydrogen-bond acceptors (Lipinski definition) is 6. The summed E-state index contributed by atoms with van der Waals surface area (Å²) >= 11 is 0. The fraction of sp³-hybridized carbons (Fsp3) is 0.643. The van der Waals surface area contributed by atoms with Crippen LogP contribution < -0.4 is 10.2 Å². The van der Waals surface area contributed by atoms with E-state index in [0.717, 1.165) is 0 Å². The number of pyridine rings is 1. The molecule has 0 bridgehead atoms. The Balaban J connectivity index is 2.21. The van der Waals surface area contributed by atoms with Gasteiger partial charge in [-0.05, 0) is 33.8 Å². The maximum absolute atomic E-state index is 12.2. The molecule has 0 atom stereocenters. The SMILES string of the molecule is COCCNS(=O)(=O)c1cncc(B2OC(C)(C)C(C)(C)O2)c1. The van der Waals surface area contributed by atoms with Crippen molar-refractivity contribution >= 4 is 22.6 Å². The minimum Gasteiger partial charge on any atom is -0.399 e. The van der Waals surface area contributed by atoms with Crippen molar-refractivity contribution in [1.82, 2.24) is 9.71 Å². The molecule has 2 rings (SSSR count). The molecule has 9 heteroatoms. The lowest BCUT2D eigenvalue weighted by molar-refractivity contribution is 0.00578. The van der Waals surface area contributed by atoms with Crippen LogP contribution in [0.15, 0.2) is 23.4 Å². The Labute approximate surface area is 137 Å². The van der Waals surface area contributed by atoms with E-state index in [1.807, 2.05) is 27.7 Å². The van der Waals surface area contributed by atoms with Crippen LogP contribution in [0.5, 0.6) is 0 Å². The van der Waals surface area contributed by atoms with Crippen LogP contribution >= 0.6 is 0 Å².